The number of aromatic nitrogens is 3. The second-order valence-electron chi connectivity index (χ2n) is 6.70. The maximum Gasteiger partial charge on any atom is 0.225 e. The van der Waals surface area contributed by atoms with E-state index >= 15 is 0 Å². The van der Waals surface area contributed by atoms with Crippen LogP contribution in [0.3, 0.4) is 0 Å². The van der Waals surface area contributed by atoms with Crippen molar-refractivity contribution in [2.45, 2.75) is 13.1 Å². The largest absolute Gasteiger partial charge is 0.497 e. The molecule has 0 saturated carbocycles. The van der Waals surface area contributed by atoms with Crippen molar-refractivity contribution in [2.75, 3.05) is 17.7 Å². The Hall–Kier alpha value is -3.93. The topological polar surface area (TPSA) is 72.0 Å². The first kappa shape index (κ1) is 19.4. The molecule has 0 aliphatic rings. The second-order valence-corrected chi connectivity index (χ2v) is 6.70. The van der Waals surface area contributed by atoms with Crippen LogP contribution in [0.15, 0.2) is 85.1 Å². The molecule has 0 atom stereocenters. The molecule has 0 radical (unpaired) electrons. The molecule has 2 aromatic heterocycles. The van der Waals surface area contributed by atoms with Gasteiger partial charge >= 0.3 is 0 Å². The van der Waals surface area contributed by atoms with Gasteiger partial charge in [-0.1, -0.05) is 48.5 Å². The number of hydrogen-bond donors (Lipinski definition) is 2. The smallest absolute Gasteiger partial charge is 0.225 e. The molecule has 0 bridgehead atoms. The van der Waals surface area contributed by atoms with Crippen LogP contribution in [0.5, 0.6) is 5.75 Å². The van der Waals surface area contributed by atoms with Gasteiger partial charge in [0.05, 0.1) is 25.0 Å². The number of nitrogens with one attached hydrogen (secondary N) is 2. The highest BCUT2D eigenvalue weighted by atomic mass is 16.5. The molecule has 0 unspecified atom stereocenters. The van der Waals surface area contributed by atoms with E-state index in [1.807, 2.05) is 78.9 Å². The summed E-state index contributed by atoms with van der Waals surface area (Å²) < 4.78 is 5.22. The minimum atomic E-state index is 0.553. The van der Waals surface area contributed by atoms with E-state index in [-0.39, 0.29) is 0 Å². The maximum atomic E-state index is 5.22. The highest BCUT2D eigenvalue weighted by Crippen LogP contribution is 2.22. The Morgan fingerprint density at radius 1 is 0.800 bits per heavy atom. The van der Waals surface area contributed by atoms with Crippen LogP contribution in [-0.4, -0.2) is 22.1 Å². The van der Waals surface area contributed by atoms with E-state index in [0.29, 0.717) is 19.0 Å². The van der Waals surface area contributed by atoms with E-state index in [9.17, 15) is 0 Å². The Kier molecular flexibility index (Phi) is 6.15. The van der Waals surface area contributed by atoms with Crippen molar-refractivity contribution >= 4 is 11.8 Å². The van der Waals surface area contributed by atoms with Crippen LogP contribution in [-0.2, 0) is 13.1 Å². The predicted octanol–water partition coefficient (Wildman–Crippen LogP) is 4.77. The van der Waals surface area contributed by atoms with E-state index in [1.54, 1.807) is 13.3 Å². The van der Waals surface area contributed by atoms with Gasteiger partial charge in [0.1, 0.15) is 11.6 Å². The van der Waals surface area contributed by atoms with E-state index in [1.165, 1.54) is 0 Å². The second kappa shape index (κ2) is 9.52. The number of ether oxygens (including phenoxy) is 1. The summed E-state index contributed by atoms with van der Waals surface area (Å²) in [4.78, 5) is 13.7. The maximum absolute atomic E-state index is 5.22. The van der Waals surface area contributed by atoms with Crippen molar-refractivity contribution in [1.82, 2.24) is 15.0 Å². The summed E-state index contributed by atoms with van der Waals surface area (Å²) in [5.41, 5.74) is 3.96. The Labute approximate surface area is 176 Å². The lowest BCUT2D eigenvalue weighted by Crippen LogP contribution is -2.08. The molecular weight excluding hydrogens is 374 g/mol. The summed E-state index contributed by atoms with van der Waals surface area (Å²) in [6.45, 7) is 1.20. The van der Waals surface area contributed by atoms with Crippen molar-refractivity contribution in [2.24, 2.45) is 0 Å². The predicted molar refractivity (Wildman–Crippen MR) is 119 cm³/mol. The third-order valence-electron chi connectivity index (χ3n) is 4.58. The van der Waals surface area contributed by atoms with Crippen molar-refractivity contribution in [3.05, 3.63) is 96.3 Å². The molecule has 0 saturated heterocycles. The number of nitrogens with zero attached hydrogens (tertiary/aromatic N) is 3. The molecule has 6 nitrogen and oxygen atoms in total. The molecule has 4 aromatic rings. The first-order valence-electron chi connectivity index (χ1n) is 9.75. The molecular formula is C24H23N5O. The van der Waals surface area contributed by atoms with E-state index in [2.05, 4.69) is 25.6 Å². The number of rotatable bonds is 8. The third kappa shape index (κ3) is 5.11. The van der Waals surface area contributed by atoms with Crippen molar-refractivity contribution in [3.8, 4) is 17.0 Å². The fourth-order valence-corrected chi connectivity index (χ4v) is 2.98. The van der Waals surface area contributed by atoms with Crippen molar-refractivity contribution < 1.29 is 4.74 Å². The summed E-state index contributed by atoms with van der Waals surface area (Å²) in [7, 11) is 1.67. The van der Waals surface area contributed by atoms with Gasteiger partial charge in [-0.05, 0) is 29.8 Å². The number of hydrogen-bond acceptors (Lipinski definition) is 6. The van der Waals surface area contributed by atoms with E-state index < -0.39 is 0 Å². The standard InChI is InChI=1S/C24H23N5O/c1-30-21-12-10-18(11-13-21)16-26-23-15-22(19-7-3-2-4-8-19)28-24(29-23)27-17-20-9-5-6-14-25-20/h2-15H,16-17H2,1H3,(H2,26,27,28,29). The zero-order chi connectivity index (χ0) is 20.6. The highest BCUT2D eigenvalue weighted by Gasteiger charge is 2.07. The van der Waals surface area contributed by atoms with Crippen LogP contribution in [0.25, 0.3) is 11.3 Å². The molecule has 0 fully saturated rings. The molecule has 6 heteroatoms. The van der Waals surface area contributed by atoms with Gasteiger partial charge in [-0.2, -0.15) is 4.98 Å². The highest BCUT2D eigenvalue weighted by molar-refractivity contribution is 5.64. The molecule has 30 heavy (non-hydrogen) atoms. The summed E-state index contributed by atoms with van der Waals surface area (Å²) >= 11 is 0. The molecule has 2 aromatic carbocycles. The lowest BCUT2D eigenvalue weighted by atomic mass is 10.1. The number of anilines is 2. The van der Waals surface area contributed by atoms with E-state index in [0.717, 1.165) is 34.1 Å². The van der Waals surface area contributed by atoms with Crippen LogP contribution >= 0.6 is 0 Å². The molecule has 2 heterocycles. The summed E-state index contributed by atoms with van der Waals surface area (Å²) in [5.74, 6) is 2.15. The fraction of sp³-hybridized carbons (Fsp3) is 0.125. The van der Waals surface area contributed by atoms with Gasteiger partial charge in [-0.25, -0.2) is 4.98 Å². The number of methoxy groups -OCH3 is 1. The Morgan fingerprint density at radius 3 is 2.33 bits per heavy atom. The SMILES string of the molecule is COc1ccc(CNc2cc(-c3ccccc3)nc(NCc3ccccn3)n2)cc1. The van der Waals surface area contributed by atoms with Crippen LogP contribution in [0.2, 0.25) is 0 Å². The minimum Gasteiger partial charge on any atom is -0.497 e. The van der Waals surface area contributed by atoms with Crippen LogP contribution in [0, 0.1) is 0 Å². The van der Waals surface area contributed by atoms with Gasteiger partial charge < -0.3 is 15.4 Å². The fourth-order valence-electron chi connectivity index (χ4n) is 2.98. The average Bonchev–Trinajstić information content (AvgIpc) is 2.83. The Morgan fingerprint density at radius 2 is 1.60 bits per heavy atom. The molecule has 0 aliphatic carbocycles. The zero-order valence-corrected chi connectivity index (χ0v) is 16.7. The van der Waals surface area contributed by atoms with Gasteiger partial charge in [-0.15, -0.1) is 0 Å². The molecule has 0 amide bonds. The summed E-state index contributed by atoms with van der Waals surface area (Å²) in [5, 5.41) is 6.68. The van der Waals surface area contributed by atoms with Gasteiger partial charge in [0.25, 0.3) is 0 Å². The molecule has 2 N–H and O–H groups in total. The van der Waals surface area contributed by atoms with Crippen molar-refractivity contribution in [3.63, 3.8) is 0 Å². The number of benzene rings is 2. The van der Waals surface area contributed by atoms with Crippen LogP contribution in [0.4, 0.5) is 11.8 Å². The number of pyridine rings is 1. The van der Waals surface area contributed by atoms with E-state index in [4.69, 9.17) is 4.74 Å². The minimum absolute atomic E-state index is 0.553. The first-order valence-corrected chi connectivity index (χ1v) is 9.75. The monoisotopic (exact) mass is 397 g/mol. The summed E-state index contributed by atoms with van der Waals surface area (Å²) in [6.07, 6.45) is 1.78. The van der Waals surface area contributed by atoms with Crippen molar-refractivity contribution in [1.29, 1.82) is 0 Å². The molecule has 0 aliphatic heterocycles. The molecule has 150 valence electrons. The Bertz CT molecular complexity index is 1070. The Balaban J connectivity index is 1.54. The van der Waals surface area contributed by atoms with Gasteiger partial charge in [0.15, 0.2) is 0 Å². The molecule has 4 rings (SSSR count). The average molecular weight is 397 g/mol. The van der Waals surface area contributed by atoms with Crippen LogP contribution in [0.1, 0.15) is 11.3 Å². The normalized spacial score (nSPS) is 10.4. The van der Waals surface area contributed by atoms with Gasteiger partial charge in [-0.3, -0.25) is 4.98 Å². The van der Waals surface area contributed by atoms with Gasteiger partial charge in [0.2, 0.25) is 5.95 Å². The lowest BCUT2D eigenvalue weighted by Gasteiger charge is -2.12. The molecule has 0 spiro atoms. The third-order valence-corrected chi connectivity index (χ3v) is 4.58. The quantitative estimate of drug-likeness (QED) is 0.446. The summed E-state index contributed by atoms with van der Waals surface area (Å²) in [6, 6.07) is 25.8. The van der Waals surface area contributed by atoms with Gasteiger partial charge in [0, 0.05) is 24.4 Å². The van der Waals surface area contributed by atoms with Crippen LogP contribution < -0.4 is 15.4 Å². The first-order chi connectivity index (χ1) is 14.8. The zero-order valence-electron chi connectivity index (χ0n) is 16.7. The lowest BCUT2D eigenvalue weighted by molar-refractivity contribution is 0.414.